The zero-order valence-electron chi connectivity index (χ0n) is 35.2. The van der Waals surface area contributed by atoms with Gasteiger partial charge in [-0.15, -0.1) is 0 Å². The zero-order valence-corrected chi connectivity index (χ0v) is 35.2. The van der Waals surface area contributed by atoms with Crippen molar-refractivity contribution in [2.45, 2.75) is 78.6 Å². The van der Waals surface area contributed by atoms with E-state index in [0.29, 0.717) is 0 Å². The normalized spacial score (nSPS) is 13.8. The Hall–Kier alpha value is -6.00. The molecule has 0 N–H and O–H groups in total. The first-order chi connectivity index (χ1) is 27.7. The van der Waals surface area contributed by atoms with Gasteiger partial charge in [0.2, 0.25) is 0 Å². The van der Waals surface area contributed by atoms with Gasteiger partial charge in [0, 0.05) is 50.7 Å². The summed E-state index contributed by atoms with van der Waals surface area (Å²) in [7, 11) is 0. The lowest BCUT2D eigenvalue weighted by molar-refractivity contribution is 0.590. The largest absolute Gasteiger partial charge is 0.456 e. The van der Waals surface area contributed by atoms with Crippen LogP contribution in [0.5, 0.6) is 0 Å². The Bertz CT molecular complexity index is 2900. The second-order valence-electron chi connectivity index (χ2n) is 19.5. The number of benzene rings is 7. The SMILES string of the molecule is CC(C)(C)c1ccc(N2B3c4cc5c(cc4N(c4ccc(C(C)(C)C)cc4-c4ccccc4)c4cc(C(C)(C)C)cc(c43)-c3ccccc32)oc2ccccc25)cc1. The van der Waals surface area contributed by atoms with Crippen LogP contribution in [0.1, 0.15) is 79.0 Å². The average Bonchev–Trinajstić information content (AvgIpc) is 3.57. The molecule has 0 atom stereocenters. The number of hydrogen-bond acceptors (Lipinski definition) is 3. The first kappa shape index (κ1) is 36.4. The molecule has 1 aromatic heterocycles. The summed E-state index contributed by atoms with van der Waals surface area (Å²) in [6, 6.07) is 54.6. The molecule has 3 nitrogen and oxygen atoms in total. The Morgan fingerprint density at radius 2 is 1.07 bits per heavy atom. The van der Waals surface area contributed by atoms with E-state index < -0.39 is 0 Å². The number of nitrogens with zero attached hydrogens (tertiary/aromatic N) is 2. The molecule has 0 saturated carbocycles. The van der Waals surface area contributed by atoms with E-state index >= 15 is 0 Å². The molecule has 3 heterocycles. The maximum Gasteiger partial charge on any atom is 0.333 e. The van der Waals surface area contributed by atoms with Crippen LogP contribution in [0.2, 0.25) is 0 Å². The molecule has 0 amide bonds. The van der Waals surface area contributed by atoms with Crippen LogP contribution >= 0.6 is 0 Å². The molecular formula is C54H51BN2O. The Balaban J connectivity index is 1.36. The topological polar surface area (TPSA) is 19.6 Å². The maximum atomic E-state index is 6.73. The summed E-state index contributed by atoms with van der Waals surface area (Å²) in [5.74, 6) is 0. The van der Waals surface area contributed by atoms with Crippen LogP contribution in [-0.4, -0.2) is 6.85 Å². The van der Waals surface area contributed by atoms with E-state index in [1.807, 2.05) is 0 Å². The van der Waals surface area contributed by atoms with Gasteiger partial charge < -0.3 is 14.1 Å². The van der Waals surface area contributed by atoms with Crippen LogP contribution in [0, 0.1) is 0 Å². The van der Waals surface area contributed by atoms with Crippen LogP contribution in [0.3, 0.4) is 0 Å². The molecule has 2 aliphatic rings. The molecule has 58 heavy (non-hydrogen) atoms. The summed E-state index contributed by atoms with van der Waals surface area (Å²) in [6.07, 6.45) is 0. The van der Waals surface area contributed by atoms with Gasteiger partial charge >= 0.3 is 6.85 Å². The van der Waals surface area contributed by atoms with Crippen LogP contribution in [-0.2, 0) is 16.2 Å². The minimum atomic E-state index is -0.104. The summed E-state index contributed by atoms with van der Waals surface area (Å²) < 4.78 is 6.73. The Kier molecular flexibility index (Phi) is 7.99. The van der Waals surface area contributed by atoms with E-state index in [4.69, 9.17) is 4.42 Å². The van der Waals surface area contributed by atoms with Gasteiger partial charge in [-0.2, -0.15) is 0 Å². The van der Waals surface area contributed by atoms with Crippen molar-refractivity contribution >= 4 is 68.1 Å². The monoisotopic (exact) mass is 754 g/mol. The first-order valence-electron chi connectivity index (χ1n) is 20.8. The molecule has 4 heteroatoms. The smallest absolute Gasteiger partial charge is 0.333 e. The summed E-state index contributed by atoms with van der Waals surface area (Å²) in [6.45, 7) is 20.7. The maximum absolute atomic E-state index is 6.73. The van der Waals surface area contributed by atoms with Crippen LogP contribution in [0.4, 0.5) is 28.4 Å². The number of para-hydroxylation sites is 2. The van der Waals surface area contributed by atoms with Gasteiger partial charge in [0.25, 0.3) is 0 Å². The molecule has 286 valence electrons. The van der Waals surface area contributed by atoms with E-state index in [-0.39, 0.29) is 23.1 Å². The second kappa shape index (κ2) is 12.8. The quantitative estimate of drug-likeness (QED) is 0.168. The van der Waals surface area contributed by atoms with Gasteiger partial charge in [-0.25, -0.2) is 0 Å². The fraction of sp³-hybridized carbons (Fsp3) is 0.222. The molecule has 0 spiro atoms. The van der Waals surface area contributed by atoms with Crippen molar-refractivity contribution < 1.29 is 4.42 Å². The van der Waals surface area contributed by atoms with Crippen molar-refractivity contribution in [3.8, 4) is 22.3 Å². The van der Waals surface area contributed by atoms with Gasteiger partial charge in [0.05, 0.1) is 5.69 Å². The highest BCUT2D eigenvalue weighted by atomic mass is 16.3. The Labute approximate surface area is 344 Å². The van der Waals surface area contributed by atoms with Crippen LogP contribution in [0.25, 0.3) is 44.2 Å². The average molecular weight is 755 g/mol. The lowest BCUT2D eigenvalue weighted by Crippen LogP contribution is -2.61. The molecule has 0 saturated heterocycles. The van der Waals surface area contributed by atoms with Gasteiger partial charge in [0.1, 0.15) is 11.2 Å². The molecule has 0 bridgehead atoms. The lowest BCUT2D eigenvalue weighted by atomic mass is 9.43. The van der Waals surface area contributed by atoms with E-state index in [0.717, 1.165) is 33.3 Å². The van der Waals surface area contributed by atoms with Gasteiger partial charge in [0.15, 0.2) is 0 Å². The summed E-state index contributed by atoms with van der Waals surface area (Å²) in [5, 5.41) is 2.27. The Morgan fingerprint density at radius 3 is 1.79 bits per heavy atom. The molecule has 7 aromatic carbocycles. The molecule has 0 aliphatic carbocycles. The summed E-state index contributed by atoms with van der Waals surface area (Å²) >= 11 is 0. The summed E-state index contributed by atoms with van der Waals surface area (Å²) in [4.78, 5) is 5.17. The standard InChI is InChI=1S/C54H51BN2O/c1-52(2,3)35-23-26-38(27-24-35)57-46-21-15-13-19-39(46)43-30-37(54(7,8)9)31-48-51(43)55(57)44-32-42-40-20-14-16-22-49(40)58-50(42)33-47(44)56(48)45-28-25-36(53(4,5)6)29-41(45)34-17-11-10-12-18-34/h10-33H,1-9H3. The molecule has 2 aliphatic heterocycles. The van der Waals surface area contributed by atoms with Gasteiger partial charge in [-0.1, -0.05) is 159 Å². The van der Waals surface area contributed by atoms with E-state index in [2.05, 4.69) is 218 Å². The van der Waals surface area contributed by atoms with Crippen molar-refractivity contribution in [1.29, 1.82) is 0 Å². The third-order valence-corrected chi connectivity index (χ3v) is 12.5. The number of furan rings is 1. The van der Waals surface area contributed by atoms with Crippen molar-refractivity contribution in [2.24, 2.45) is 0 Å². The van der Waals surface area contributed by atoms with Crippen molar-refractivity contribution in [3.05, 3.63) is 162 Å². The molecule has 0 unspecified atom stereocenters. The number of anilines is 5. The van der Waals surface area contributed by atoms with E-state index in [9.17, 15) is 0 Å². The van der Waals surface area contributed by atoms with E-state index in [1.54, 1.807) is 0 Å². The Morgan fingerprint density at radius 1 is 0.431 bits per heavy atom. The van der Waals surface area contributed by atoms with Crippen molar-refractivity contribution in [3.63, 3.8) is 0 Å². The highest BCUT2D eigenvalue weighted by Crippen LogP contribution is 2.51. The summed E-state index contributed by atoms with van der Waals surface area (Å²) in [5.41, 5.74) is 19.1. The zero-order chi connectivity index (χ0) is 40.3. The van der Waals surface area contributed by atoms with Gasteiger partial charge in [-0.05, 0) is 97.5 Å². The number of hydrogen-bond donors (Lipinski definition) is 0. The predicted molar refractivity (Wildman–Crippen MR) is 249 cm³/mol. The molecule has 0 fully saturated rings. The number of rotatable bonds is 3. The predicted octanol–water partition coefficient (Wildman–Crippen LogP) is 13.9. The van der Waals surface area contributed by atoms with Crippen LogP contribution in [0.15, 0.2) is 150 Å². The van der Waals surface area contributed by atoms with Crippen molar-refractivity contribution in [2.75, 3.05) is 9.71 Å². The molecule has 8 aromatic rings. The fourth-order valence-corrected chi connectivity index (χ4v) is 9.28. The van der Waals surface area contributed by atoms with Crippen LogP contribution < -0.4 is 20.6 Å². The van der Waals surface area contributed by atoms with E-state index in [1.165, 1.54) is 66.9 Å². The third kappa shape index (κ3) is 5.71. The minimum absolute atomic E-state index is 0.0224. The molecule has 10 rings (SSSR count). The second-order valence-corrected chi connectivity index (χ2v) is 19.5. The lowest BCUT2D eigenvalue weighted by Gasteiger charge is -2.46. The first-order valence-corrected chi connectivity index (χ1v) is 20.8. The highest BCUT2D eigenvalue weighted by Gasteiger charge is 2.46. The fourth-order valence-electron chi connectivity index (χ4n) is 9.28. The third-order valence-electron chi connectivity index (χ3n) is 12.5. The number of fused-ring (bicyclic) bond motifs is 7. The molecular weight excluding hydrogens is 703 g/mol. The molecule has 0 radical (unpaired) electrons. The van der Waals surface area contributed by atoms with Gasteiger partial charge in [-0.3, -0.25) is 0 Å². The highest BCUT2D eigenvalue weighted by molar-refractivity contribution is 6.93. The minimum Gasteiger partial charge on any atom is -0.456 e. The van der Waals surface area contributed by atoms with Crippen molar-refractivity contribution in [1.82, 2.24) is 0 Å².